The van der Waals surface area contributed by atoms with Crippen LogP contribution in [-0.2, 0) is 11.3 Å². The first-order valence-electron chi connectivity index (χ1n) is 6.62. The molecular weight excluding hydrogens is 228 g/mol. The van der Waals surface area contributed by atoms with Gasteiger partial charge >= 0.3 is 5.97 Å². The van der Waals surface area contributed by atoms with E-state index >= 15 is 0 Å². The van der Waals surface area contributed by atoms with Crippen molar-refractivity contribution in [2.75, 3.05) is 0 Å². The highest BCUT2D eigenvalue weighted by molar-refractivity contribution is 5.73. The zero-order valence-corrected chi connectivity index (χ0v) is 10.5. The van der Waals surface area contributed by atoms with E-state index in [-0.39, 0.29) is 5.92 Å². The van der Waals surface area contributed by atoms with E-state index < -0.39 is 12.0 Å². The van der Waals surface area contributed by atoms with Crippen LogP contribution in [0.2, 0.25) is 0 Å². The summed E-state index contributed by atoms with van der Waals surface area (Å²) in [6, 6.07) is 3.40. The Labute approximate surface area is 107 Å². The minimum absolute atomic E-state index is 0.276. The highest BCUT2D eigenvalue weighted by atomic mass is 16.4. The van der Waals surface area contributed by atoms with Crippen molar-refractivity contribution in [2.24, 2.45) is 5.92 Å². The largest absolute Gasteiger partial charge is 0.480 e. The third-order valence-electron chi connectivity index (χ3n) is 3.66. The molecule has 0 saturated heterocycles. The molecule has 1 aromatic heterocycles. The van der Waals surface area contributed by atoms with Gasteiger partial charge in [0.05, 0.1) is 0 Å². The van der Waals surface area contributed by atoms with Crippen LogP contribution in [0.4, 0.5) is 0 Å². The van der Waals surface area contributed by atoms with Crippen molar-refractivity contribution in [3.63, 3.8) is 0 Å². The number of carboxylic acids is 1. The molecule has 1 aromatic rings. The van der Waals surface area contributed by atoms with Gasteiger partial charge in [-0.05, 0) is 36.5 Å². The summed E-state index contributed by atoms with van der Waals surface area (Å²) in [5, 5.41) is 12.5. The number of carbonyl (C=O) groups is 1. The zero-order valence-electron chi connectivity index (χ0n) is 10.5. The fraction of sp³-hybridized carbons (Fsp3) is 0.571. The van der Waals surface area contributed by atoms with Gasteiger partial charge in [0.2, 0.25) is 0 Å². The highest BCUT2D eigenvalue weighted by Crippen LogP contribution is 2.26. The lowest BCUT2D eigenvalue weighted by atomic mass is 9.84. The molecule has 0 radical (unpaired) electrons. The normalized spacial score (nSPS) is 18.4. The maximum atomic E-state index is 11.3. The Morgan fingerprint density at radius 3 is 2.61 bits per heavy atom. The van der Waals surface area contributed by atoms with E-state index in [1.165, 1.54) is 6.42 Å². The Bertz CT molecular complexity index is 375. The van der Waals surface area contributed by atoms with Gasteiger partial charge in [-0.15, -0.1) is 0 Å². The lowest BCUT2D eigenvalue weighted by Gasteiger charge is -2.28. The quantitative estimate of drug-likeness (QED) is 0.838. The van der Waals surface area contributed by atoms with Crippen molar-refractivity contribution in [1.82, 2.24) is 10.3 Å². The Balaban J connectivity index is 1.92. The fourth-order valence-electron chi connectivity index (χ4n) is 2.65. The molecule has 1 unspecified atom stereocenters. The van der Waals surface area contributed by atoms with Crippen LogP contribution in [-0.4, -0.2) is 22.1 Å². The topological polar surface area (TPSA) is 62.2 Å². The Morgan fingerprint density at radius 1 is 1.33 bits per heavy atom. The van der Waals surface area contributed by atoms with Gasteiger partial charge in [0, 0.05) is 18.9 Å². The molecule has 0 aromatic carbocycles. The van der Waals surface area contributed by atoms with Gasteiger partial charge in [-0.1, -0.05) is 19.3 Å². The zero-order chi connectivity index (χ0) is 12.8. The first kappa shape index (κ1) is 13.0. The van der Waals surface area contributed by atoms with Gasteiger partial charge < -0.3 is 10.4 Å². The maximum absolute atomic E-state index is 11.3. The van der Waals surface area contributed by atoms with Gasteiger partial charge in [0.1, 0.15) is 6.04 Å². The van der Waals surface area contributed by atoms with Crippen molar-refractivity contribution in [2.45, 2.75) is 44.7 Å². The van der Waals surface area contributed by atoms with E-state index in [0.717, 1.165) is 31.2 Å². The third kappa shape index (κ3) is 3.53. The molecule has 0 spiro atoms. The van der Waals surface area contributed by atoms with Crippen LogP contribution in [0.15, 0.2) is 24.5 Å². The molecule has 1 fully saturated rings. The summed E-state index contributed by atoms with van der Waals surface area (Å²) >= 11 is 0. The van der Waals surface area contributed by atoms with Gasteiger partial charge in [-0.2, -0.15) is 0 Å². The monoisotopic (exact) mass is 248 g/mol. The summed E-state index contributed by atoms with van der Waals surface area (Å²) < 4.78 is 0. The van der Waals surface area contributed by atoms with E-state index in [0.29, 0.717) is 6.54 Å². The predicted octanol–water partition coefficient (Wildman–Crippen LogP) is 2.20. The summed E-state index contributed by atoms with van der Waals surface area (Å²) in [6.07, 6.45) is 9.07. The number of pyridine rings is 1. The maximum Gasteiger partial charge on any atom is 0.320 e. The van der Waals surface area contributed by atoms with Crippen molar-refractivity contribution >= 4 is 5.97 Å². The molecule has 0 aliphatic heterocycles. The predicted molar refractivity (Wildman–Crippen MR) is 69.1 cm³/mol. The lowest BCUT2D eigenvalue weighted by molar-refractivity contribution is -0.141. The second-order valence-electron chi connectivity index (χ2n) is 4.95. The minimum atomic E-state index is -0.726. The molecule has 1 atom stereocenters. The molecule has 4 heteroatoms. The number of hydrogen-bond donors (Lipinski definition) is 2. The number of aliphatic carboxylic acids is 1. The fourth-order valence-corrected chi connectivity index (χ4v) is 2.65. The van der Waals surface area contributed by atoms with E-state index in [2.05, 4.69) is 10.3 Å². The summed E-state index contributed by atoms with van der Waals surface area (Å²) in [5.41, 5.74) is 1.08. The molecule has 1 aliphatic rings. The molecule has 2 N–H and O–H groups in total. The van der Waals surface area contributed by atoms with Crippen LogP contribution in [0.5, 0.6) is 0 Å². The van der Waals surface area contributed by atoms with Gasteiger partial charge in [0.25, 0.3) is 0 Å². The average Bonchev–Trinajstić information content (AvgIpc) is 2.41. The third-order valence-corrected chi connectivity index (χ3v) is 3.66. The summed E-state index contributed by atoms with van der Waals surface area (Å²) in [7, 11) is 0. The molecule has 1 saturated carbocycles. The second-order valence-corrected chi connectivity index (χ2v) is 4.95. The standard InChI is InChI=1S/C14H20N2O2/c17-14(18)13(12-4-2-1-3-5-12)16-10-11-6-8-15-9-7-11/h6-9,12-13,16H,1-5,10H2,(H,17,18). The SMILES string of the molecule is O=C(O)C(NCc1ccncc1)C1CCCCC1. The van der Waals surface area contributed by atoms with E-state index in [9.17, 15) is 9.90 Å². The Kier molecular flexibility index (Phi) is 4.70. The molecular formula is C14H20N2O2. The Morgan fingerprint density at radius 2 is 2.00 bits per heavy atom. The van der Waals surface area contributed by atoms with Crippen molar-refractivity contribution in [3.05, 3.63) is 30.1 Å². The number of hydrogen-bond acceptors (Lipinski definition) is 3. The first-order chi connectivity index (χ1) is 8.77. The van der Waals surface area contributed by atoms with Gasteiger partial charge in [-0.25, -0.2) is 0 Å². The molecule has 4 nitrogen and oxygen atoms in total. The van der Waals surface area contributed by atoms with Crippen molar-refractivity contribution in [3.8, 4) is 0 Å². The van der Waals surface area contributed by atoms with Crippen LogP contribution >= 0.6 is 0 Å². The summed E-state index contributed by atoms with van der Waals surface area (Å²) in [5.74, 6) is -0.450. The van der Waals surface area contributed by atoms with E-state index in [1.807, 2.05) is 12.1 Å². The molecule has 98 valence electrons. The molecule has 0 amide bonds. The van der Waals surface area contributed by atoms with Crippen LogP contribution in [0.3, 0.4) is 0 Å². The number of carboxylic acid groups (broad SMARTS) is 1. The minimum Gasteiger partial charge on any atom is -0.480 e. The number of nitrogens with one attached hydrogen (secondary N) is 1. The smallest absolute Gasteiger partial charge is 0.320 e. The molecule has 18 heavy (non-hydrogen) atoms. The van der Waals surface area contributed by atoms with E-state index in [4.69, 9.17) is 0 Å². The second kappa shape index (κ2) is 6.50. The Hall–Kier alpha value is -1.42. The molecule has 1 aliphatic carbocycles. The highest BCUT2D eigenvalue weighted by Gasteiger charge is 2.28. The first-order valence-corrected chi connectivity index (χ1v) is 6.62. The van der Waals surface area contributed by atoms with E-state index in [1.54, 1.807) is 12.4 Å². The van der Waals surface area contributed by atoms with Crippen LogP contribution in [0, 0.1) is 5.92 Å². The van der Waals surface area contributed by atoms with Crippen LogP contribution < -0.4 is 5.32 Å². The van der Waals surface area contributed by atoms with Gasteiger partial charge in [-0.3, -0.25) is 9.78 Å². The number of rotatable bonds is 5. The number of aromatic nitrogens is 1. The van der Waals surface area contributed by atoms with Crippen molar-refractivity contribution < 1.29 is 9.90 Å². The van der Waals surface area contributed by atoms with Gasteiger partial charge in [0.15, 0.2) is 0 Å². The van der Waals surface area contributed by atoms with Crippen LogP contribution in [0.1, 0.15) is 37.7 Å². The average molecular weight is 248 g/mol. The van der Waals surface area contributed by atoms with Crippen molar-refractivity contribution in [1.29, 1.82) is 0 Å². The summed E-state index contributed by atoms with van der Waals surface area (Å²) in [6.45, 7) is 0.593. The summed E-state index contributed by atoms with van der Waals surface area (Å²) in [4.78, 5) is 15.3. The van der Waals surface area contributed by atoms with Crippen LogP contribution in [0.25, 0.3) is 0 Å². The lowest BCUT2D eigenvalue weighted by Crippen LogP contribution is -2.43. The molecule has 1 heterocycles. The molecule has 0 bridgehead atoms. The number of nitrogens with zero attached hydrogens (tertiary/aromatic N) is 1. The molecule has 2 rings (SSSR count).